The number of nitrogens with two attached hydrogens (primary N) is 1. The summed E-state index contributed by atoms with van der Waals surface area (Å²) in [7, 11) is -3.18. The molecule has 1 fully saturated rings. The third-order valence-corrected chi connectivity index (χ3v) is 7.55. The SMILES string of the molecule is Cc1ccc(OCC(F)(F)F)c(Oc2ccc3nc(C(N)=O)c(C4(C)CCS(=O)(=O)CC4)n3c2)n1. The number of sulfone groups is 1. The third-order valence-electron chi connectivity index (χ3n) is 5.90. The van der Waals surface area contributed by atoms with Crippen LogP contribution in [0.2, 0.25) is 0 Å². The molecule has 35 heavy (non-hydrogen) atoms. The van der Waals surface area contributed by atoms with E-state index in [1.807, 2.05) is 6.92 Å². The summed E-state index contributed by atoms with van der Waals surface area (Å²) < 4.78 is 74.2. The zero-order valence-electron chi connectivity index (χ0n) is 18.9. The number of amides is 1. The highest BCUT2D eigenvalue weighted by Crippen LogP contribution is 2.39. The Morgan fingerprint density at radius 3 is 2.49 bits per heavy atom. The van der Waals surface area contributed by atoms with E-state index in [1.165, 1.54) is 24.4 Å². The lowest BCUT2D eigenvalue weighted by Gasteiger charge is -2.33. The van der Waals surface area contributed by atoms with Crippen LogP contribution in [0.15, 0.2) is 30.5 Å². The number of fused-ring (bicyclic) bond motifs is 1. The van der Waals surface area contributed by atoms with E-state index in [2.05, 4.69) is 9.97 Å². The molecule has 1 aliphatic rings. The average molecular weight is 513 g/mol. The van der Waals surface area contributed by atoms with Crippen molar-refractivity contribution in [1.29, 1.82) is 0 Å². The number of carbonyl (C=O) groups excluding carboxylic acids is 1. The molecule has 0 saturated carbocycles. The fourth-order valence-electron chi connectivity index (χ4n) is 4.03. The Kier molecular flexibility index (Phi) is 6.16. The maximum Gasteiger partial charge on any atom is 0.422 e. The summed E-state index contributed by atoms with van der Waals surface area (Å²) in [5.74, 6) is -1.02. The minimum absolute atomic E-state index is 0.0202. The molecule has 0 aromatic carbocycles. The van der Waals surface area contributed by atoms with Crippen molar-refractivity contribution in [3.8, 4) is 17.4 Å². The van der Waals surface area contributed by atoms with Crippen molar-refractivity contribution in [2.45, 2.75) is 38.3 Å². The first-order chi connectivity index (χ1) is 16.3. The van der Waals surface area contributed by atoms with Gasteiger partial charge in [0.1, 0.15) is 21.2 Å². The molecule has 0 unspecified atom stereocenters. The summed E-state index contributed by atoms with van der Waals surface area (Å²) in [5, 5.41) is 0. The first-order valence-corrected chi connectivity index (χ1v) is 12.5. The summed E-state index contributed by atoms with van der Waals surface area (Å²) in [6, 6.07) is 5.90. The number of ether oxygens (including phenoxy) is 2. The zero-order chi connectivity index (χ0) is 25.6. The molecular weight excluding hydrogens is 489 g/mol. The van der Waals surface area contributed by atoms with Crippen LogP contribution in [-0.4, -0.2) is 53.0 Å². The summed E-state index contributed by atoms with van der Waals surface area (Å²) in [4.78, 5) is 20.7. The van der Waals surface area contributed by atoms with Gasteiger partial charge in [-0.15, -0.1) is 0 Å². The van der Waals surface area contributed by atoms with Gasteiger partial charge in [-0.05, 0) is 44.0 Å². The van der Waals surface area contributed by atoms with Gasteiger partial charge in [-0.2, -0.15) is 13.2 Å². The maximum absolute atomic E-state index is 12.7. The topological polar surface area (TPSA) is 126 Å². The molecule has 0 spiro atoms. The second-order valence-corrected chi connectivity index (χ2v) is 11.0. The van der Waals surface area contributed by atoms with E-state index in [0.717, 1.165) is 0 Å². The molecule has 3 aromatic heterocycles. The molecule has 1 amide bonds. The number of halogens is 3. The van der Waals surface area contributed by atoms with Crippen molar-refractivity contribution in [1.82, 2.24) is 14.4 Å². The first kappa shape index (κ1) is 24.8. The van der Waals surface area contributed by atoms with Crippen LogP contribution in [0.1, 0.15) is 41.6 Å². The van der Waals surface area contributed by atoms with Crippen LogP contribution in [0.25, 0.3) is 5.65 Å². The van der Waals surface area contributed by atoms with E-state index in [-0.39, 0.29) is 47.4 Å². The van der Waals surface area contributed by atoms with Gasteiger partial charge in [-0.25, -0.2) is 18.4 Å². The van der Waals surface area contributed by atoms with E-state index in [4.69, 9.17) is 15.2 Å². The molecule has 188 valence electrons. The summed E-state index contributed by atoms with van der Waals surface area (Å²) in [5.41, 5.74) is 6.21. The number of alkyl halides is 3. The Morgan fingerprint density at radius 2 is 1.86 bits per heavy atom. The van der Waals surface area contributed by atoms with Crippen molar-refractivity contribution in [3.05, 3.63) is 47.5 Å². The minimum atomic E-state index is -4.54. The number of aryl methyl sites for hydroxylation is 1. The number of primary amides is 1. The molecule has 13 heteroatoms. The van der Waals surface area contributed by atoms with Crippen LogP contribution in [-0.2, 0) is 15.3 Å². The standard InChI is InChI=1S/C22H23F3N4O5S/c1-13-3-5-15(33-12-22(23,24)25)20(27-13)34-14-4-6-16-28-17(19(26)30)18(29(16)11-14)21(2)7-9-35(31,32)10-8-21/h3-6,11H,7-10,12H2,1-2H3,(H2,26,30). The number of nitrogens with zero attached hydrogens (tertiary/aromatic N) is 3. The fraction of sp³-hybridized carbons (Fsp3) is 0.409. The van der Waals surface area contributed by atoms with Crippen LogP contribution in [0.5, 0.6) is 17.4 Å². The lowest BCUT2D eigenvalue weighted by Crippen LogP contribution is -2.37. The Labute approximate surface area is 199 Å². The van der Waals surface area contributed by atoms with Gasteiger partial charge in [-0.1, -0.05) is 6.92 Å². The smallest absolute Gasteiger partial charge is 0.422 e. The molecule has 0 atom stereocenters. The lowest BCUT2D eigenvalue weighted by molar-refractivity contribution is -0.153. The number of carbonyl (C=O) groups is 1. The van der Waals surface area contributed by atoms with E-state index < -0.39 is 33.9 Å². The van der Waals surface area contributed by atoms with Crippen molar-refractivity contribution >= 4 is 21.4 Å². The summed E-state index contributed by atoms with van der Waals surface area (Å²) in [6.45, 7) is 1.98. The van der Waals surface area contributed by atoms with Crippen molar-refractivity contribution in [2.75, 3.05) is 18.1 Å². The Balaban J connectivity index is 1.75. The van der Waals surface area contributed by atoms with Gasteiger partial charge in [0.05, 0.1) is 23.4 Å². The van der Waals surface area contributed by atoms with Gasteiger partial charge in [0.15, 0.2) is 18.1 Å². The monoisotopic (exact) mass is 512 g/mol. The second kappa shape index (κ2) is 8.70. The second-order valence-electron chi connectivity index (χ2n) is 8.74. The molecule has 4 rings (SSSR count). The van der Waals surface area contributed by atoms with Gasteiger partial charge in [0.2, 0.25) is 0 Å². The predicted molar refractivity (Wildman–Crippen MR) is 120 cm³/mol. The Morgan fingerprint density at radius 1 is 1.17 bits per heavy atom. The quantitative estimate of drug-likeness (QED) is 0.537. The lowest BCUT2D eigenvalue weighted by atomic mass is 9.79. The molecule has 1 saturated heterocycles. The number of aromatic nitrogens is 3. The highest BCUT2D eigenvalue weighted by atomic mass is 32.2. The van der Waals surface area contributed by atoms with Crippen LogP contribution in [0, 0.1) is 6.92 Å². The van der Waals surface area contributed by atoms with E-state index in [9.17, 15) is 26.4 Å². The first-order valence-electron chi connectivity index (χ1n) is 10.6. The predicted octanol–water partition coefficient (Wildman–Crippen LogP) is 3.34. The molecule has 4 heterocycles. The molecule has 0 aliphatic carbocycles. The van der Waals surface area contributed by atoms with Gasteiger partial charge in [0.25, 0.3) is 11.8 Å². The minimum Gasteiger partial charge on any atom is -0.478 e. The van der Waals surface area contributed by atoms with Crippen molar-refractivity contribution in [3.63, 3.8) is 0 Å². The fourth-order valence-corrected chi connectivity index (χ4v) is 5.76. The maximum atomic E-state index is 12.7. The highest BCUT2D eigenvalue weighted by Gasteiger charge is 2.40. The molecule has 0 radical (unpaired) electrons. The Hall–Kier alpha value is -3.35. The van der Waals surface area contributed by atoms with E-state index in [0.29, 0.717) is 17.0 Å². The molecule has 2 N–H and O–H groups in total. The normalized spacial score (nSPS) is 17.3. The van der Waals surface area contributed by atoms with Crippen LogP contribution in [0.3, 0.4) is 0 Å². The van der Waals surface area contributed by atoms with Crippen LogP contribution < -0.4 is 15.2 Å². The van der Waals surface area contributed by atoms with Gasteiger partial charge >= 0.3 is 6.18 Å². The van der Waals surface area contributed by atoms with Gasteiger partial charge in [-0.3, -0.25) is 9.20 Å². The summed E-state index contributed by atoms with van der Waals surface area (Å²) in [6.07, 6.45) is -2.50. The number of hydrogen-bond acceptors (Lipinski definition) is 7. The number of imidazole rings is 1. The largest absolute Gasteiger partial charge is 0.478 e. The molecule has 1 aliphatic heterocycles. The van der Waals surface area contributed by atoms with E-state index >= 15 is 0 Å². The summed E-state index contributed by atoms with van der Waals surface area (Å²) >= 11 is 0. The van der Waals surface area contributed by atoms with Gasteiger partial charge in [0, 0.05) is 11.1 Å². The Bertz CT molecular complexity index is 1390. The number of pyridine rings is 2. The number of hydrogen-bond donors (Lipinski definition) is 1. The third kappa shape index (κ3) is 5.34. The highest BCUT2D eigenvalue weighted by molar-refractivity contribution is 7.91. The van der Waals surface area contributed by atoms with Crippen molar-refractivity contribution in [2.24, 2.45) is 5.73 Å². The molecule has 0 bridgehead atoms. The van der Waals surface area contributed by atoms with Gasteiger partial charge < -0.3 is 15.2 Å². The molecule has 3 aromatic rings. The van der Waals surface area contributed by atoms with Crippen LogP contribution >= 0.6 is 0 Å². The van der Waals surface area contributed by atoms with Crippen molar-refractivity contribution < 1.29 is 35.9 Å². The molecular formula is C22H23F3N4O5S. The average Bonchev–Trinajstić information content (AvgIpc) is 3.15. The van der Waals surface area contributed by atoms with Crippen LogP contribution in [0.4, 0.5) is 13.2 Å². The zero-order valence-corrected chi connectivity index (χ0v) is 19.7. The van der Waals surface area contributed by atoms with E-state index in [1.54, 1.807) is 17.4 Å². The molecule has 9 nitrogen and oxygen atoms in total. The number of rotatable bonds is 6.